The highest BCUT2D eigenvalue weighted by atomic mass is 35.5. The zero-order valence-electron chi connectivity index (χ0n) is 14.2. The van der Waals surface area contributed by atoms with Crippen molar-refractivity contribution in [3.8, 4) is 11.4 Å². The number of rotatable bonds is 3. The number of halogens is 1. The average molecular weight is 391 g/mol. The first-order valence-corrected chi connectivity index (χ1v) is 8.92. The molecule has 1 aromatic heterocycles. The van der Waals surface area contributed by atoms with Crippen LogP contribution in [-0.4, -0.2) is 61.4 Å². The van der Waals surface area contributed by atoms with Crippen molar-refractivity contribution >= 4 is 22.6 Å². The molecule has 1 saturated heterocycles. The number of aliphatic hydroxyl groups is 4. The quantitative estimate of drug-likeness (QED) is 0.461. The van der Waals surface area contributed by atoms with Crippen molar-refractivity contribution in [1.82, 2.24) is 9.97 Å². The predicted molar refractivity (Wildman–Crippen MR) is 99.3 cm³/mol. The van der Waals surface area contributed by atoms with Crippen LogP contribution in [0.5, 0.6) is 0 Å². The van der Waals surface area contributed by atoms with E-state index >= 15 is 0 Å². The molecule has 1 fully saturated rings. The number of hydrogen-bond donors (Lipinski definition) is 5. The second-order valence-corrected chi connectivity index (χ2v) is 7.06. The zero-order valence-corrected chi connectivity index (χ0v) is 14.9. The maximum atomic E-state index is 10.3. The van der Waals surface area contributed by atoms with Gasteiger partial charge in [-0.3, -0.25) is 0 Å². The number of ether oxygens (including phenoxy) is 1. The van der Waals surface area contributed by atoms with Gasteiger partial charge < -0.3 is 30.1 Å². The highest BCUT2D eigenvalue weighted by Crippen LogP contribution is 2.34. The summed E-state index contributed by atoms with van der Waals surface area (Å²) in [6.07, 6.45) is -5.97. The topological polar surface area (TPSA) is 119 Å². The molecule has 0 spiro atoms. The van der Waals surface area contributed by atoms with Gasteiger partial charge in [0.05, 0.1) is 17.6 Å². The maximum Gasteiger partial charge on any atom is 0.138 e. The molecule has 0 bridgehead atoms. The third kappa shape index (κ3) is 3.34. The molecule has 8 heteroatoms. The van der Waals surface area contributed by atoms with E-state index in [2.05, 4.69) is 9.97 Å². The van der Waals surface area contributed by atoms with Gasteiger partial charge in [0, 0.05) is 10.6 Å². The summed E-state index contributed by atoms with van der Waals surface area (Å²) in [7, 11) is 0. The van der Waals surface area contributed by atoms with Crippen LogP contribution < -0.4 is 0 Å². The molecule has 0 unspecified atom stereocenters. The van der Waals surface area contributed by atoms with E-state index in [1.807, 2.05) is 12.1 Å². The summed E-state index contributed by atoms with van der Waals surface area (Å²) in [4.78, 5) is 7.75. The van der Waals surface area contributed by atoms with E-state index in [9.17, 15) is 20.4 Å². The van der Waals surface area contributed by atoms with Crippen LogP contribution in [-0.2, 0) is 4.74 Å². The second kappa shape index (κ2) is 7.20. The molecule has 0 amide bonds. The average Bonchev–Trinajstić information content (AvgIpc) is 3.10. The lowest BCUT2D eigenvalue weighted by Crippen LogP contribution is -2.55. The summed E-state index contributed by atoms with van der Waals surface area (Å²) in [6, 6.07) is 12.5. The molecule has 5 atom stereocenters. The van der Waals surface area contributed by atoms with Gasteiger partial charge in [0.1, 0.15) is 36.3 Å². The van der Waals surface area contributed by atoms with Crippen LogP contribution in [0.3, 0.4) is 0 Å². The van der Waals surface area contributed by atoms with E-state index in [1.54, 1.807) is 30.3 Å². The second-order valence-electron chi connectivity index (χ2n) is 6.62. The molecule has 27 heavy (non-hydrogen) atoms. The number of aromatic nitrogens is 2. The maximum absolute atomic E-state index is 10.3. The first-order chi connectivity index (χ1) is 13.0. The molecular weight excluding hydrogens is 372 g/mol. The Morgan fingerprint density at radius 1 is 1.04 bits per heavy atom. The Kier molecular flexibility index (Phi) is 4.90. The Balaban J connectivity index is 1.69. The van der Waals surface area contributed by atoms with Crippen molar-refractivity contribution in [3.05, 3.63) is 53.1 Å². The molecule has 3 aromatic rings. The molecular formula is C19H19ClN2O5. The molecule has 1 aliphatic heterocycles. The van der Waals surface area contributed by atoms with E-state index in [0.717, 1.165) is 16.6 Å². The van der Waals surface area contributed by atoms with Crippen LogP contribution in [0.2, 0.25) is 5.02 Å². The summed E-state index contributed by atoms with van der Waals surface area (Å²) in [5, 5.41) is 40.2. The molecule has 0 aliphatic carbocycles. The SMILES string of the molecule is OC[C@H]1O[C@H](c2cccc(-c3nc4cc(Cl)ccc4[nH]3)c2)[C@@H](O)[C@@H](O)[C@@H]1O. The number of aromatic amines is 1. The molecule has 5 N–H and O–H groups in total. The molecule has 0 saturated carbocycles. The number of fused-ring (bicyclic) bond motifs is 1. The van der Waals surface area contributed by atoms with E-state index in [4.69, 9.17) is 16.3 Å². The minimum absolute atomic E-state index is 0.467. The number of hydrogen-bond acceptors (Lipinski definition) is 6. The van der Waals surface area contributed by atoms with Crippen molar-refractivity contribution in [2.75, 3.05) is 6.61 Å². The van der Waals surface area contributed by atoms with Crippen molar-refractivity contribution in [2.24, 2.45) is 0 Å². The summed E-state index contributed by atoms with van der Waals surface area (Å²) in [5.74, 6) is 0.624. The van der Waals surface area contributed by atoms with Crippen molar-refractivity contribution in [1.29, 1.82) is 0 Å². The van der Waals surface area contributed by atoms with Gasteiger partial charge in [0.25, 0.3) is 0 Å². The van der Waals surface area contributed by atoms with Crippen molar-refractivity contribution in [2.45, 2.75) is 30.5 Å². The fourth-order valence-electron chi connectivity index (χ4n) is 3.36. The van der Waals surface area contributed by atoms with Crippen LogP contribution in [0.1, 0.15) is 11.7 Å². The fraction of sp³-hybridized carbons (Fsp3) is 0.316. The summed E-state index contributed by atoms with van der Waals surface area (Å²) in [5.41, 5.74) is 2.93. The molecule has 2 heterocycles. The number of nitrogens with zero attached hydrogens (tertiary/aromatic N) is 1. The van der Waals surface area contributed by atoms with Gasteiger partial charge in [-0.2, -0.15) is 0 Å². The smallest absolute Gasteiger partial charge is 0.138 e. The minimum Gasteiger partial charge on any atom is -0.394 e. The lowest BCUT2D eigenvalue weighted by atomic mass is 9.90. The van der Waals surface area contributed by atoms with Crippen molar-refractivity contribution in [3.63, 3.8) is 0 Å². The Morgan fingerprint density at radius 2 is 1.85 bits per heavy atom. The summed E-state index contributed by atoms with van der Waals surface area (Å²) in [6.45, 7) is -0.467. The summed E-state index contributed by atoms with van der Waals surface area (Å²) < 4.78 is 5.62. The Bertz CT molecular complexity index is 960. The molecule has 4 rings (SSSR count). The highest BCUT2D eigenvalue weighted by Gasteiger charge is 2.43. The van der Waals surface area contributed by atoms with Gasteiger partial charge in [-0.15, -0.1) is 0 Å². The third-order valence-corrected chi connectivity index (χ3v) is 5.06. The van der Waals surface area contributed by atoms with E-state index < -0.39 is 37.1 Å². The lowest BCUT2D eigenvalue weighted by Gasteiger charge is -2.40. The van der Waals surface area contributed by atoms with Crippen LogP contribution in [0.25, 0.3) is 22.4 Å². The monoisotopic (exact) mass is 390 g/mol. The number of imidazole rings is 1. The molecule has 142 valence electrons. The third-order valence-electron chi connectivity index (χ3n) is 4.83. The van der Waals surface area contributed by atoms with Crippen LogP contribution in [0.15, 0.2) is 42.5 Å². The van der Waals surface area contributed by atoms with E-state index in [0.29, 0.717) is 16.4 Å². The Labute approximate surface area is 159 Å². The molecule has 1 aliphatic rings. The minimum atomic E-state index is -1.42. The zero-order chi connectivity index (χ0) is 19.1. The van der Waals surface area contributed by atoms with Gasteiger partial charge in [0.2, 0.25) is 0 Å². The number of aliphatic hydroxyl groups excluding tert-OH is 4. The van der Waals surface area contributed by atoms with Gasteiger partial charge >= 0.3 is 0 Å². The largest absolute Gasteiger partial charge is 0.394 e. The van der Waals surface area contributed by atoms with Gasteiger partial charge in [-0.05, 0) is 29.8 Å². The lowest BCUT2D eigenvalue weighted by molar-refractivity contribution is -0.231. The number of H-pyrrole nitrogens is 1. The van der Waals surface area contributed by atoms with E-state index in [-0.39, 0.29) is 0 Å². The van der Waals surface area contributed by atoms with E-state index in [1.165, 1.54) is 0 Å². The highest BCUT2D eigenvalue weighted by molar-refractivity contribution is 6.31. The van der Waals surface area contributed by atoms with Gasteiger partial charge in [-0.25, -0.2) is 4.98 Å². The van der Waals surface area contributed by atoms with Crippen LogP contribution in [0, 0.1) is 0 Å². The van der Waals surface area contributed by atoms with Gasteiger partial charge in [0.15, 0.2) is 0 Å². The molecule has 0 radical (unpaired) electrons. The Morgan fingerprint density at radius 3 is 2.63 bits per heavy atom. The number of nitrogens with one attached hydrogen (secondary N) is 1. The number of benzene rings is 2. The summed E-state index contributed by atoms with van der Waals surface area (Å²) >= 11 is 6.01. The molecule has 2 aromatic carbocycles. The van der Waals surface area contributed by atoms with Crippen LogP contribution >= 0.6 is 11.6 Å². The normalized spacial score (nSPS) is 28.6. The van der Waals surface area contributed by atoms with Crippen LogP contribution in [0.4, 0.5) is 0 Å². The first-order valence-electron chi connectivity index (χ1n) is 8.54. The predicted octanol–water partition coefficient (Wildman–Crippen LogP) is 1.40. The first kappa shape index (κ1) is 18.4. The van der Waals surface area contributed by atoms with Gasteiger partial charge in [-0.1, -0.05) is 29.8 Å². The Hall–Kier alpha value is -2.00. The fourth-order valence-corrected chi connectivity index (χ4v) is 3.52. The molecule has 7 nitrogen and oxygen atoms in total. The van der Waals surface area contributed by atoms with Crippen molar-refractivity contribution < 1.29 is 25.2 Å². The standard InChI is InChI=1S/C19H19ClN2O5/c20-11-4-5-12-13(7-11)22-19(21-12)10-3-1-2-9(6-10)18-17(26)16(25)15(24)14(8-23)27-18/h1-7,14-18,23-26H,8H2,(H,21,22)/t14-,15-,16+,17+,18-/m1/s1.